The highest BCUT2D eigenvalue weighted by Crippen LogP contribution is 2.37. The Kier molecular flexibility index (Phi) is 3.61. The predicted octanol–water partition coefficient (Wildman–Crippen LogP) is 5.01. The minimum Gasteiger partial charge on any atom is -0.360 e. The second-order valence-electron chi connectivity index (χ2n) is 6.56. The molecule has 130 valence electrons. The van der Waals surface area contributed by atoms with E-state index >= 15 is 0 Å². The molecule has 0 saturated carbocycles. The number of aromatic nitrogens is 1. The third-order valence-electron chi connectivity index (χ3n) is 4.91. The van der Waals surface area contributed by atoms with Crippen LogP contribution >= 0.6 is 0 Å². The Balaban J connectivity index is 1.68. The third kappa shape index (κ3) is 2.62. The molecule has 5 rings (SSSR count). The first-order chi connectivity index (χ1) is 13.3. The Hall–Kier alpha value is -3.66. The van der Waals surface area contributed by atoms with Crippen molar-refractivity contribution in [3.05, 3.63) is 102 Å². The molecule has 0 bridgehead atoms. The van der Waals surface area contributed by atoms with Gasteiger partial charge in [0.2, 0.25) is 0 Å². The maximum absolute atomic E-state index is 13.3. The lowest BCUT2D eigenvalue weighted by Gasteiger charge is -2.38. The summed E-state index contributed by atoms with van der Waals surface area (Å²) in [6.07, 6.45) is 1.48. The van der Waals surface area contributed by atoms with Crippen molar-refractivity contribution in [3.63, 3.8) is 0 Å². The number of para-hydroxylation sites is 2. The molecule has 4 aromatic rings. The van der Waals surface area contributed by atoms with Gasteiger partial charge in [-0.05, 0) is 42.0 Å². The van der Waals surface area contributed by atoms with Crippen molar-refractivity contribution in [2.75, 3.05) is 10.2 Å². The van der Waals surface area contributed by atoms with E-state index in [1.165, 1.54) is 0 Å². The van der Waals surface area contributed by atoms with Crippen molar-refractivity contribution in [1.29, 1.82) is 0 Å². The largest absolute Gasteiger partial charge is 0.360 e. The zero-order valence-corrected chi connectivity index (χ0v) is 14.5. The highest BCUT2D eigenvalue weighted by atomic mass is 16.2. The molecule has 3 aromatic carbocycles. The number of nitrogens with zero attached hydrogens (tertiary/aromatic N) is 2. The molecule has 1 aliphatic heterocycles. The lowest BCUT2D eigenvalue weighted by molar-refractivity contribution is 0.0975. The average molecular weight is 351 g/mol. The summed E-state index contributed by atoms with van der Waals surface area (Å²) >= 11 is 0. The van der Waals surface area contributed by atoms with Crippen LogP contribution in [0.5, 0.6) is 0 Å². The van der Waals surface area contributed by atoms with Crippen LogP contribution in [-0.2, 0) is 0 Å². The van der Waals surface area contributed by atoms with Gasteiger partial charge in [-0.2, -0.15) is 0 Å². The molecule has 4 nitrogen and oxygen atoms in total. The zero-order chi connectivity index (χ0) is 18.2. The van der Waals surface area contributed by atoms with Gasteiger partial charge >= 0.3 is 0 Å². The van der Waals surface area contributed by atoms with Gasteiger partial charge in [0, 0.05) is 23.0 Å². The number of anilines is 2. The molecule has 4 heteroatoms. The summed E-state index contributed by atoms with van der Waals surface area (Å²) in [4.78, 5) is 19.6. The summed E-state index contributed by atoms with van der Waals surface area (Å²) in [6.45, 7) is 0. The Morgan fingerprint density at radius 1 is 0.852 bits per heavy atom. The minimum absolute atomic E-state index is 0.0123. The van der Waals surface area contributed by atoms with Crippen molar-refractivity contribution in [3.8, 4) is 0 Å². The lowest BCUT2D eigenvalue weighted by Crippen LogP contribution is -2.43. The molecule has 1 atom stereocenters. The van der Waals surface area contributed by atoms with Crippen molar-refractivity contribution < 1.29 is 4.79 Å². The second-order valence-corrected chi connectivity index (χ2v) is 6.56. The van der Waals surface area contributed by atoms with Crippen LogP contribution in [0.2, 0.25) is 0 Å². The van der Waals surface area contributed by atoms with Gasteiger partial charge in [-0.1, -0.05) is 48.5 Å². The first kappa shape index (κ1) is 15.6. The van der Waals surface area contributed by atoms with E-state index in [1.807, 2.05) is 83.8 Å². The van der Waals surface area contributed by atoms with Gasteiger partial charge in [0.15, 0.2) is 0 Å². The summed E-state index contributed by atoms with van der Waals surface area (Å²) in [5.74, 6) is -0.0123. The first-order valence-electron chi connectivity index (χ1n) is 8.90. The predicted molar refractivity (Wildman–Crippen MR) is 108 cm³/mol. The second kappa shape index (κ2) is 6.25. The van der Waals surface area contributed by atoms with Crippen LogP contribution in [0.25, 0.3) is 10.9 Å². The SMILES string of the molecule is O=C1c2ccccc2NC(c2ccc3cccnc3c2)N1c1ccccc1. The van der Waals surface area contributed by atoms with Crippen LogP contribution in [0.3, 0.4) is 0 Å². The van der Waals surface area contributed by atoms with Crippen molar-refractivity contribution >= 4 is 28.2 Å². The summed E-state index contributed by atoms with van der Waals surface area (Å²) in [7, 11) is 0. The Morgan fingerprint density at radius 2 is 1.67 bits per heavy atom. The molecular formula is C23H17N3O. The van der Waals surface area contributed by atoms with Crippen LogP contribution in [0.1, 0.15) is 22.1 Å². The van der Waals surface area contributed by atoms with E-state index in [-0.39, 0.29) is 12.1 Å². The van der Waals surface area contributed by atoms with Crippen LogP contribution in [0.15, 0.2) is 91.1 Å². The third-order valence-corrected chi connectivity index (χ3v) is 4.91. The Labute approximate surface area is 157 Å². The molecule has 1 N–H and O–H groups in total. The zero-order valence-electron chi connectivity index (χ0n) is 14.5. The number of nitrogens with one attached hydrogen (secondary N) is 1. The molecule has 0 saturated heterocycles. The maximum Gasteiger partial charge on any atom is 0.262 e. The molecule has 0 radical (unpaired) electrons. The molecule has 0 aliphatic carbocycles. The fourth-order valence-electron chi connectivity index (χ4n) is 3.60. The molecule has 1 amide bonds. The number of hydrogen-bond donors (Lipinski definition) is 1. The van der Waals surface area contributed by atoms with Crippen LogP contribution in [0.4, 0.5) is 11.4 Å². The molecule has 0 spiro atoms. The number of benzene rings is 3. The summed E-state index contributed by atoms with van der Waals surface area (Å²) in [5, 5.41) is 4.61. The maximum atomic E-state index is 13.3. The number of carbonyl (C=O) groups is 1. The Bertz CT molecular complexity index is 1140. The van der Waals surface area contributed by atoms with E-state index in [4.69, 9.17) is 0 Å². The van der Waals surface area contributed by atoms with E-state index in [0.29, 0.717) is 5.56 Å². The average Bonchev–Trinajstić information content (AvgIpc) is 2.74. The molecular weight excluding hydrogens is 334 g/mol. The molecule has 1 aromatic heterocycles. The van der Waals surface area contributed by atoms with Gasteiger partial charge in [0.25, 0.3) is 5.91 Å². The fraction of sp³-hybridized carbons (Fsp3) is 0.0435. The quantitative estimate of drug-likeness (QED) is 0.552. The summed E-state index contributed by atoms with van der Waals surface area (Å²) in [6, 6.07) is 27.5. The lowest BCUT2D eigenvalue weighted by atomic mass is 10.0. The van der Waals surface area contributed by atoms with E-state index < -0.39 is 0 Å². The van der Waals surface area contributed by atoms with E-state index in [9.17, 15) is 4.79 Å². The van der Waals surface area contributed by atoms with Crippen molar-refractivity contribution in [1.82, 2.24) is 4.98 Å². The van der Waals surface area contributed by atoms with Crippen molar-refractivity contribution in [2.45, 2.75) is 6.17 Å². The minimum atomic E-state index is -0.304. The van der Waals surface area contributed by atoms with Crippen molar-refractivity contribution in [2.24, 2.45) is 0 Å². The number of fused-ring (bicyclic) bond motifs is 2. The van der Waals surface area contributed by atoms with E-state index in [1.54, 1.807) is 6.20 Å². The molecule has 2 heterocycles. The van der Waals surface area contributed by atoms with Gasteiger partial charge in [-0.3, -0.25) is 14.7 Å². The topological polar surface area (TPSA) is 45.2 Å². The van der Waals surface area contributed by atoms with Gasteiger partial charge in [-0.15, -0.1) is 0 Å². The first-order valence-corrected chi connectivity index (χ1v) is 8.90. The Morgan fingerprint density at radius 3 is 2.56 bits per heavy atom. The molecule has 1 unspecified atom stereocenters. The van der Waals surface area contributed by atoms with Gasteiger partial charge in [-0.25, -0.2) is 0 Å². The fourth-order valence-corrected chi connectivity index (χ4v) is 3.60. The summed E-state index contributed by atoms with van der Waals surface area (Å²) < 4.78 is 0. The van der Waals surface area contributed by atoms with Gasteiger partial charge < -0.3 is 5.32 Å². The van der Waals surface area contributed by atoms with Gasteiger partial charge in [0.1, 0.15) is 6.17 Å². The number of carbonyl (C=O) groups excluding carboxylic acids is 1. The summed E-state index contributed by atoms with van der Waals surface area (Å²) in [5.41, 5.74) is 4.29. The van der Waals surface area contributed by atoms with Crippen LogP contribution < -0.4 is 10.2 Å². The monoisotopic (exact) mass is 351 g/mol. The number of rotatable bonds is 2. The molecule has 1 aliphatic rings. The number of amides is 1. The highest BCUT2D eigenvalue weighted by molar-refractivity contribution is 6.12. The molecule has 0 fully saturated rings. The standard InChI is InChI=1S/C23H17N3O/c27-23-19-10-4-5-11-20(19)25-22(26(23)18-8-2-1-3-9-18)17-13-12-16-7-6-14-24-21(16)15-17/h1-15,22,25H. The smallest absolute Gasteiger partial charge is 0.262 e. The highest BCUT2D eigenvalue weighted by Gasteiger charge is 2.33. The van der Waals surface area contributed by atoms with E-state index in [2.05, 4.69) is 16.4 Å². The van der Waals surface area contributed by atoms with E-state index in [0.717, 1.165) is 27.8 Å². The number of hydrogen-bond acceptors (Lipinski definition) is 3. The van der Waals surface area contributed by atoms with Gasteiger partial charge in [0.05, 0.1) is 11.1 Å². The van der Waals surface area contributed by atoms with Crippen LogP contribution in [-0.4, -0.2) is 10.9 Å². The normalized spacial score (nSPS) is 16.1. The van der Waals surface area contributed by atoms with Crippen LogP contribution in [0, 0.1) is 0 Å². The number of pyridine rings is 1. The molecule has 27 heavy (non-hydrogen) atoms.